The van der Waals surface area contributed by atoms with Crippen LogP contribution in [-0.2, 0) is 0 Å². The molecule has 0 aliphatic rings. The molecule has 0 unspecified atom stereocenters. The predicted octanol–water partition coefficient (Wildman–Crippen LogP) is 0.988. The molecule has 1 aromatic carbocycles. The molecule has 0 N–H and O–H groups in total. The van der Waals surface area contributed by atoms with Crippen LogP contribution in [-0.4, -0.2) is 37.8 Å². The molecule has 1 aromatic rings. The topological polar surface area (TPSA) is 9.23 Å². The lowest BCUT2D eigenvalue weighted by molar-refractivity contribution is -0.906. The summed E-state index contributed by atoms with van der Waals surface area (Å²) in [4.78, 5) is 0. The van der Waals surface area contributed by atoms with Crippen LogP contribution in [0.3, 0.4) is 0 Å². The molecule has 1 rings (SSSR count). The number of hydrogen-bond donors (Lipinski definition) is 0. The Morgan fingerprint density at radius 1 is 1.15 bits per heavy atom. The Bertz CT molecular complexity index is 400. The van der Waals surface area contributed by atoms with Crippen LogP contribution in [0.2, 0.25) is 0 Å². The van der Waals surface area contributed by atoms with E-state index in [1.165, 1.54) is 11.1 Å². The highest BCUT2D eigenvalue weighted by Gasteiger charge is 2.16. The van der Waals surface area contributed by atoms with Crippen molar-refractivity contribution in [2.75, 3.05) is 33.3 Å². The summed E-state index contributed by atoms with van der Waals surface area (Å²) in [6.45, 7) is 15.2. The Kier molecular flexibility index (Phi) is 8.75. The fraction of sp³-hybridized carbons (Fsp3) is 0.647. The van der Waals surface area contributed by atoms with Crippen LogP contribution in [0.4, 0.5) is 0 Å². The summed E-state index contributed by atoms with van der Waals surface area (Å²) in [6, 6.07) is 6.53. The van der Waals surface area contributed by atoms with Gasteiger partial charge in [-0.15, -0.1) is 0 Å². The van der Waals surface area contributed by atoms with E-state index in [9.17, 15) is 0 Å². The van der Waals surface area contributed by atoms with Crippen molar-refractivity contribution in [2.45, 2.75) is 40.5 Å². The first kappa shape index (κ1) is 19.7. The molecule has 0 saturated heterocycles. The summed E-state index contributed by atoms with van der Waals surface area (Å²) in [7, 11) is 2.29. The highest BCUT2D eigenvalue weighted by atomic mass is 127. The first-order valence-corrected chi connectivity index (χ1v) is 7.48. The minimum Gasteiger partial charge on any atom is -1.00 e. The number of ether oxygens (including phenoxy) is 1. The lowest BCUT2D eigenvalue weighted by atomic mass is 10.0. The lowest BCUT2D eigenvalue weighted by Crippen LogP contribution is -3.00. The SMILES string of the molecule is CC[N+](C)(CC)CCOc1cc(C)ccc1C(C)C.[I-]. The number of hydrogen-bond acceptors (Lipinski definition) is 1. The molecule has 0 atom stereocenters. The smallest absolute Gasteiger partial charge is 0.137 e. The van der Waals surface area contributed by atoms with Crippen molar-refractivity contribution in [3.05, 3.63) is 29.3 Å². The minimum atomic E-state index is 0. The third-order valence-corrected chi connectivity index (χ3v) is 4.21. The Labute approximate surface area is 142 Å². The highest BCUT2D eigenvalue weighted by molar-refractivity contribution is 5.39. The summed E-state index contributed by atoms with van der Waals surface area (Å²) < 4.78 is 7.14. The van der Waals surface area contributed by atoms with Crippen LogP contribution < -0.4 is 28.7 Å². The summed E-state index contributed by atoms with van der Waals surface area (Å²) >= 11 is 0. The third-order valence-electron chi connectivity index (χ3n) is 4.21. The van der Waals surface area contributed by atoms with Crippen molar-refractivity contribution in [2.24, 2.45) is 0 Å². The average Bonchev–Trinajstić information content (AvgIpc) is 2.38. The molecule has 2 nitrogen and oxygen atoms in total. The van der Waals surface area contributed by atoms with E-state index in [4.69, 9.17) is 4.74 Å². The number of likely N-dealkylation sites (N-methyl/N-ethyl adjacent to an activating group) is 1. The van der Waals surface area contributed by atoms with Crippen molar-refractivity contribution in [3.8, 4) is 5.75 Å². The Morgan fingerprint density at radius 3 is 2.25 bits per heavy atom. The summed E-state index contributed by atoms with van der Waals surface area (Å²) in [5.41, 5.74) is 2.58. The highest BCUT2D eigenvalue weighted by Crippen LogP contribution is 2.27. The fourth-order valence-corrected chi connectivity index (χ4v) is 2.16. The van der Waals surface area contributed by atoms with Gasteiger partial charge in [-0.1, -0.05) is 26.0 Å². The van der Waals surface area contributed by atoms with Gasteiger partial charge in [0, 0.05) is 0 Å². The molecule has 116 valence electrons. The normalized spacial score (nSPS) is 11.3. The molecule has 0 aliphatic heterocycles. The van der Waals surface area contributed by atoms with Gasteiger partial charge in [-0.05, 0) is 43.9 Å². The second-order valence-electron chi connectivity index (χ2n) is 6.02. The molecule has 0 fully saturated rings. The van der Waals surface area contributed by atoms with E-state index < -0.39 is 0 Å². The van der Waals surface area contributed by atoms with Crippen LogP contribution in [0.15, 0.2) is 18.2 Å². The van der Waals surface area contributed by atoms with Gasteiger partial charge in [-0.25, -0.2) is 0 Å². The Hall–Kier alpha value is -0.290. The molecule has 0 heterocycles. The largest absolute Gasteiger partial charge is 1.00 e. The number of benzene rings is 1. The number of nitrogens with zero attached hydrogens (tertiary/aromatic N) is 1. The number of halogens is 1. The maximum Gasteiger partial charge on any atom is 0.137 e. The molecular formula is C17H30INO. The van der Waals surface area contributed by atoms with Gasteiger partial charge in [0.25, 0.3) is 0 Å². The molecule has 0 saturated carbocycles. The van der Waals surface area contributed by atoms with Gasteiger partial charge in [-0.3, -0.25) is 0 Å². The molecule has 0 bridgehead atoms. The van der Waals surface area contributed by atoms with E-state index in [0.717, 1.165) is 36.5 Å². The molecule has 0 aliphatic carbocycles. The van der Waals surface area contributed by atoms with E-state index in [-0.39, 0.29) is 24.0 Å². The molecular weight excluding hydrogens is 361 g/mol. The van der Waals surface area contributed by atoms with E-state index in [0.29, 0.717) is 5.92 Å². The maximum absolute atomic E-state index is 6.06. The number of rotatable bonds is 7. The first-order chi connectivity index (χ1) is 8.91. The van der Waals surface area contributed by atoms with Gasteiger partial charge < -0.3 is 33.2 Å². The quantitative estimate of drug-likeness (QED) is 0.498. The van der Waals surface area contributed by atoms with Crippen LogP contribution in [0.1, 0.15) is 44.7 Å². The van der Waals surface area contributed by atoms with Crippen molar-refractivity contribution in [1.82, 2.24) is 0 Å². The summed E-state index contributed by atoms with van der Waals surface area (Å²) in [6.07, 6.45) is 0. The average molecular weight is 391 g/mol. The van der Waals surface area contributed by atoms with Gasteiger partial charge >= 0.3 is 0 Å². The van der Waals surface area contributed by atoms with Crippen molar-refractivity contribution < 1.29 is 33.2 Å². The van der Waals surface area contributed by atoms with Gasteiger partial charge in [0.1, 0.15) is 18.9 Å². The van der Waals surface area contributed by atoms with Crippen molar-refractivity contribution in [1.29, 1.82) is 0 Å². The minimum absolute atomic E-state index is 0. The van der Waals surface area contributed by atoms with E-state index in [1.807, 2.05) is 0 Å². The van der Waals surface area contributed by atoms with Gasteiger partial charge in [0.15, 0.2) is 0 Å². The second-order valence-corrected chi connectivity index (χ2v) is 6.02. The molecule has 0 amide bonds. The summed E-state index contributed by atoms with van der Waals surface area (Å²) in [5.74, 6) is 1.57. The van der Waals surface area contributed by atoms with Gasteiger partial charge in [-0.2, -0.15) is 0 Å². The zero-order valence-electron chi connectivity index (χ0n) is 13.9. The lowest BCUT2D eigenvalue weighted by Gasteiger charge is -2.32. The number of quaternary nitrogens is 1. The van der Waals surface area contributed by atoms with Crippen LogP contribution in [0.25, 0.3) is 0 Å². The van der Waals surface area contributed by atoms with Crippen LogP contribution >= 0.6 is 0 Å². The van der Waals surface area contributed by atoms with Crippen LogP contribution in [0.5, 0.6) is 5.75 Å². The molecule has 0 aromatic heterocycles. The van der Waals surface area contributed by atoms with Crippen molar-refractivity contribution >= 4 is 0 Å². The van der Waals surface area contributed by atoms with Gasteiger partial charge in [0.2, 0.25) is 0 Å². The summed E-state index contributed by atoms with van der Waals surface area (Å²) in [5, 5.41) is 0. The first-order valence-electron chi connectivity index (χ1n) is 7.48. The molecule has 0 spiro atoms. The van der Waals surface area contributed by atoms with Crippen LogP contribution in [0, 0.1) is 6.92 Å². The zero-order valence-corrected chi connectivity index (χ0v) is 16.0. The van der Waals surface area contributed by atoms with E-state index in [2.05, 4.69) is 59.9 Å². The van der Waals surface area contributed by atoms with E-state index >= 15 is 0 Å². The maximum atomic E-state index is 6.06. The van der Waals surface area contributed by atoms with Crippen molar-refractivity contribution in [3.63, 3.8) is 0 Å². The standard InChI is InChI=1S/C17H30NO.HI/c1-7-18(6,8-2)11-12-19-17-13-15(5)9-10-16(17)14(3)4;/h9-10,13-14H,7-8,11-12H2,1-6H3;1H/q+1;/p-1. The Morgan fingerprint density at radius 2 is 1.75 bits per heavy atom. The predicted molar refractivity (Wildman–Crippen MR) is 82.9 cm³/mol. The monoisotopic (exact) mass is 391 g/mol. The fourth-order valence-electron chi connectivity index (χ4n) is 2.16. The molecule has 0 radical (unpaired) electrons. The second kappa shape index (κ2) is 8.88. The zero-order chi connectivity index (χ0) is 14.5. The van der Waals surface area contributed by atoms with E-state index in [1.54, 1.807) is 0 Å². The third kappa shape index (κ3) is 5.60. The molecule has 20 heavy (non-hydrogen) atoms. The number of aryl methyl sites for hydroxylation is 1. The molecule has 3 heteroatoms. The van der Waals surface area contributed by atoms with Gasteiger partial charge in [0.05, 0.1) is 20.1 Å². The Balaban J connectivity index is 0.00000361.